The summed E-state index contributed by atoms with van der Waals surface area (Å²) in [7, 11) is -27.1. The molecule has 6 saturated heterocycles. The van der Waals surface area contributed by atoms with Crippen LogP contribution in [-0.2, 0) is 77.8 Å². The summed E-state index contributed by atoms with van der Waals surface area (Å²) in [4.78, 5) is 0. The van der Waals surface area contributed by atoms with Gasteiger partial charge in [-0.25, -0.2) is 0 Å². The number of ether oxygens (including phenoxy) is 6. The number of hydrogen-bond acceptors (Lipinski definition) is 18. The maximum absolute atomic E-state index is 6.70. The minimum Gasteiger partial charge on any atom is -0.419 e. The second-order valence-corrected chi connectivity index (χ2v) is 44.0. The predicted octanol–water partition coefficient (Wildman–Crippen LogP) is -0.721. The molecule has 6 heterocycles. The lowest BCUT2D eigenvalue weighted by Gasteiger charge is -2.42. The molecule has 0 spiro atoms. The predicted molar refractivity (Wildman–Crippen MR) is 205 cm³/mol. The van der Waals surface area contributed by atoms with E-state index >= 15 is 0 Å². The molecule has 0 saturated carbocycles. The van der Waals surface area contributed by atoms with Crippen molar-refractivity contribution in [3.05, 3.63) is 0 Å². The standard InChI is InChI=1S/C24H58O18Si10/c1-50(2,13-7-10-25-16-22-19-28-22)40-47-34-44-31-43-32-45(35-47)37-49(42-52(5,6)15-9-12-27-18-24-21-30-24)39-46(33-43)38-48(36-44)41-51(3,4)14-8-11-26-17-23-20-29-23/h22-24,43-49H,7-21H2,1-6H3/t22-,23-,24-,43?,44?,45?,46?,47?,48?,49?/m1/s1. The summed E-state index contributed by atoms with van der Waals surface area (Å²) < 4.78 is 111. The van der Waals surface area contributed by atoms with Crippen LogP contribution < -0.4 is 0 Å². The van der Waals surface area contributed by atoms with Crippen LogP contribution >= 0.6 is 0 Å². The Balaban J connectivity index is 1.09. The van der Waals surface area contributed by atoms with E-state index in [1.807, 2.05) is 0 Å². The van der Waals surface area contributed by atoms with Crippen molar-refractivity contribution < 1.29 is 77.8 Å². The summed E-state index contributed by atoms with van der Waals surface area (Å²) in [6, 6.07) is 2.56. The van der Waals surface area contributed by atoms with Gasteiger partial charge in [-0.1, -0.05) is 0 Å². The smallest absolute Gasteiger partial charge is 0.419 e. The fourth-order valence-corrected chi connectivity index (χ4v) is 39.4. The van der Waals surface area contributed by atoms with Gasteiger partial charge in [-0.15, -0.1) is 0 Å². The van der Waals surface area contributed by atoms with Gasteiger partial charge in [0.2, 0.25) is 0 Å². The van der Waals surface area contributed by atoms with E-state index in [0.717, 1.165) is 57.2 Å². The lowest BCUT2D eigenvalue weighted by molar-refractivity contribution is 0.0800. The van der Waals surface area contributed by atoms with Crippen molar-refractivity contribution >= 4 is 91.6 Å². The summed E-state index contributed by atoms with van der Waals surface area (Å²) in [5, 5.41) is 0. The molecule has 6 aliphatic rings. The summed E-state index contributed by atoms with van der Waals surface area (Å²) in [6.45, 7) is 19.0. The molecule has 302 valence electrons. The molecule has 6 fully saturated rings. The highest BCUT2D eigenvalue weighted by atomic mass is 28.6. The number of epoxide rings is 3. The van der Waals surface area contributed by atoms with E-state index in [-0.39, 0.29) is 18.3 Å². The molecule has 0 aromatic rings. The normalized spacial score (nSPS) is 35.0. The molecule has 0 aromatic carbocycles. The van der Waals surface area contributed by atoms with Crippen LogP contribution in [0.2, 0.25) is 57.4 Å². The molecule has 0 aromatic heterocycles. The van der Waals surface area contributed by atoms with E-state index in [2.05, 4.69) is 39.3 Å². The third-order valence-electron chi connectivity index (χ3n) is 8.57. The maximum Gasteiger partial charge on any atom is 0.461 e. The minimum absolute atomic E-state index is 0.243. The summed E-state index contributed by atoms with van der Waals surface area (Å²) >= 11 is 0. The molecule has 0 N–H and O–H groups in total. The molecule has 6 aliphatic heterocycles. The van der Waals surface area contributed by atoms with Crippen molar-refractivity contribution in [2.24, 2.45) is 0 Å². The molecule has 0 radical (unpaired) electrons. The van der Waals surface area contributed by atoms with Gasteiger partial charge < -0.3 is 77.8 Å². The lowest BCUT2D eigenvalue weighted by atomic mass is 10.5. The molecular weight excluding hydrogens is 857 g/mol. The third kappa shape index (κ3) is 16.7. The van der Waals surface area contributed by atoms with Crippen molar-refractivity contribution in [2.75, 3.05) is 59.5 Å². The fraction of sp³-hybridized carbons (Fsp3) is 1.00. The Morgan fingerprint density at radius 1 is 0.423 bits per heavy atom. The van der Waals surface area contributed by atoms with E-state index in [9.17, 15) is 0 Å². The van der Waals surface area contributed by atoms with Gasteiger partial charge in [-0.3, -0.25) is 0 Å². The van der Waals surface area contributed by atoms with Crippen molar-refractivity contribution in [2.45, 2.75) is 95.0 Å². The van der Waals surface area contributed by atoms with Crippen molar-refractivity contribution in [1.82, 2.24) is 0 Å². The molecular formula is C24H58O18Si10. The van der Waals surface area contributed by atoms with Crippen molar-refractivity contribution in [1.29, 1.82) is 0 Å². The zero-order chi connectivity index (χ0) is 36.6. The fourth-order valence-electron chi connectivity index (χ4n) is 5.36. The van der Waals surface area contributed by atoms with Crippen LogP contribution in [-0.4, -0.2) is 169 Å². The quantitative estimate of drug-likeness (QED) is 0.0673. The Morgan fingerprint density at radius 3 is 0.923 bits per heavy atom. The van der Waals surface area contributed by atoms with Gasteiger partial charge in [0.25, 0.3) is 0 Å². The average molecular weight is 916 g/mol. The zero-order valence-corrected chi connectivity index (χ0v) is 42.3. The second kappa shape index (κ2) is 20.4. The van der Waals surface area contributed by atoms with Gasteiger partial charge in [-0.2, -0.15) is 0 Å². The lowest BCUT2D eigenvalue weighted by Crippen LogP contribution is -2.64. The van der Waals surface area contributed by atoms with Gasteiger partial charge in [-0.05, 0) is 76.7 Å². The van der Waals surface area contributed by atoms with Crippen LogP contribution in [0.3, 0.4) is 0 Å². The Bertz CT molecular complexity index is 935. The molecule has 4 bridgehead atoms. The van der Waals surface area contributed by atoms with E-state index in [0.29, 0.717) is 39.6 Å². The first-order chi connectivity index (χ1) is 24.9. The Kier molecular flexibility index (Phi) is 16.9. The van der Waals surface area contributed by atoms with Gasteiger partial charge in [0.05, 0.1) is 39.6 Å². The molecule has 52 heavy (non-hydrogen) atoms. The van der Waals surface area contributed by atoms with E-state index < -0.39 is 91.6 Å². The van der Waals surface area contributed by atoms with Crippen LogP contribution in [0, 0.1) is 0 Å². The Hall–Kier alpha value is 1.45. The van der Waals surface area contributed by atoms with Gasteiger partial charge in [0.15, 0.2) is 25.0 Å². The van der Waals surface area contributed by atoms with Crippen molar-refractivity contribution in [3.63, 3.8) is 0 Å². The zero-order valence-electron chi connectivity index (χ0n) is 31.2. The maximum atomic E-state index is 6.70. The monoisotopic (exact) mass is 914 g/mol. The minimum atomic E-state index is -2.92. The third-order valence-corrected chi connectivity index (χ3v) is 39.2. The summed E-state index contributed by atoms with van der Waals surface area (Å²) in [6.07, 6.45) is 3.30. The van der Waals surface area contributed by atoms with Crippen LogP contribution in [0.5, 0.6) is 0 Å². The molecule has 28 heteroatoms. The second-order valence-electron chi connectivity index (χ2n) is 15.3. The van der Waals surface area contributed by atoms with Gasteiger partial charge in [0, 0.05) is 19.8 Å². The molecule has 3 atom stereocenters. The van der Waals surface area contributed by atoms with Crippen LogP contribution in [0.1, 0.15) is 19.3 Å². The highest BCUT2D eigenvalue weighted by molar-refractivity contribution is 6.84. The summed E-state index contributed by atoms with van der Waals surface area (Å²) in [5.41, 5.74) is 0. The Morgan fingerprint density at radius 2 is 0.673 bits per heavy atom. The van der Waals surface area contributed by atoms with Crippen LogP contribution in [0.25, 0.3) is 0 Å². The molecule has 6 rings (SSSR count). The SMILES string of the molecule is C[Si](C)(CCCOC[C@@H]1CO1)O[SiH]1O[SiH]2O[SiH]3O[SiH](O1)O[SiH](O[Si](C)(C)CCCOC[C@@H]1CO1)O[SiH](O3)O[SiH](O[Si](C)(C)CCCOC[C@@H]1CO1)O2. The number of rotatable bonds is 24. The Labute approximate surface area is 322 Å². The topological polar surface area (TPSA) is 176 Å². The first-order valence-electron chi connectivity index (χ1n) is 18.4. The first-order valence-corrected chi connectivity index (χ1v) is 37.6. The molecule has 0 unspecified atom stereocenters. The van der Waals surface area contributed by atoms with E-state index in [1.54, 1.807) is 0 Å². The highest BCUT2D eigenvalue weighted by Crippen LogP contribution is 2.27. The van der Waals surface area contributed by atoms with Gasteiger partial charge in [0.1, 0.15) is 18.3 Å². The van der Waals surface area contributed by atoms with Crippen molar-refractivity contribution in [3.8, 4) is 0 Å². The van der Waals surface area contributed by atoms with E-state index in [4.69, 9.17) is 77.8 Å². The van der Waals surface area contributed by atoms with Gasteiger partial charge >= 0.3 is 66.7 Å². The average Bonchev–Trinajstić information content (AvgIpc) is 3.86. The van der Waals surface area contributed by atoms with Crippen LogP contribution in [0.15, 0.2) is 0 Å². The van der Waals surface area contributed by atoms with Crippen LogP contribution in [0.4, 0.5) is 0 Å². The summed E-state index contributed by atoms with van der Waals surface area (Å²) in [5.74, 6) is 0. The number of fused-ring (bicyclic) bond motifs is 3. The molecule has 0 aliphatic carbocycles. The van der Waals surface area contributed by atoms with E-state index in [1.165, 1.54) is 0 Å². The largest absolute Gasteiger partial charge is 0.461 e. The number of hydrogen-bond donors (Lipinski definition) is 0. The molecule has 0 amide bonds. The highest BCUT2D eigenvalue weighted by Gasteiger charge is 2.51. The first kappa shape index (κ1) is 43.0. The molecule has 18 nitrogen and oxygen atoms in total.